The average molecular weight is 487 g/mol. The van der Waals surface area contributed by atoms with Crippen molar-refractivity contribution in [3.8, 4) is 0 Å². The third kappa shape index (κ3) is 5.87. The predicted octanol–water partition coefficient (Wildman–Crippen LogP) is 4.78. The molecule has 0 saturated heterocycles. The van der Waals surface area contributed by atoms with Crippen LogP contribution < -0.4 is 5.32 Å². The van der Waals surface area contributed by atoms with Gasteiger partial charge in [0.15, 0.2) is 0 Å². The van der Waals surface area contributed by atoms with E-state index < -0.39 is 21.9 Å². The highest BCUT2D eigenvalue weighted by atomic mass is 32.2. The van der Waals surface area contributed by atoms with E-state index in [1.165, 1.54) is 39.9 Å². The zero-order valence-electron chi connectivity index (χ0n) is 18.6. The first-order valence-corrected chi connectivity index (χ1v) is 12.8. The van der Waals surface area contributed by atoms with Gasteiger partial charge in [-0.2, -0.15) is 4.31 Å². The zero-order chi connectivity index (χ0) is 24.0. The summed E-state index contributed by atoms with van der Waals surface area (Å²) in [5, 5.41) is 4.76. The van der Waals surface area contributed by atoms with Crippen molar-refractivity contribution in [3.63, 3.8) is 0 Å². The lowest BCUT2D eigenvalue weighted by Gasteiger charge is -2.26. The Kier molecular flexibility index (Phi) is 8.01. The molecule has 0 unspecified atom stereocenters. The Morgan fingerprint density at radius 2 is 1.70 bits per heavy atom. The fraction of sp³-hybridized carbons (Fsp3) is 0.250. The van der Waals surface area contributed by atoms with Crippen molar-refractivity contribution < 1.29 is 22.7 Å². The van der Waals surface area contributed by atoms with Crippen LogP contribution in [0.25, 0.3) is 0 Å². The maximum atomic E-state index is 13.3. The number of amides is 1. The highest BCUT2D eigenvalue weighted by Crippen LogP contribution is 2.26. The number of sulfonamides is 1. The highest BCUT2D eigenvalue weighted by Gasteiger charge is 2.27. The summed E-state index contributed by atoms with van der Waals surface area (Å²) in [5.41, 5.74) is 1.44. The number of esters is 1. The second-order valence-electron chi connectivity index (χ2n) is 7.49. The summed E-state index contributed by atoms with van der Waals surface area (Å²) in [6.07, 6.45) is 0. The summed E-state index contributed by atoms with van der Waals surface area (Å²) in [4.78, 5) is 24.8. The Hall–Kier alpha value is -3.01. The lowest BCUT2D eigenvalue weighted by molar-refractivity contribution is 0.0528. The van der Waals surface area contributed by atoms with Crippen LogP contribution in [0.3, 0.4) is 0 Å². The molecule has 0 radical (unpaired) electrons. The molecule has 9 heteroatoms. The highest BCUT2D eigenvalue weighted by molar-refractivity contribution is 7.89. The van der Waals surface area contributed by atoms with E-state index in [0.717, 1.165) is 5.56 Å². The van der Waals surface area contributed by atoms with Crippen molar-refractivity contribution in [1.82, 2.24) is 4.31 Å². The maximum Gasteiger partial charge on any atom is 0.341 e. The van der Waals surface area contributed by atoms with Crippen LogP contribution >= 0.6 is 11.3 Å². The van der Waals surface area contributed by atoms with E-state index in [1.54, 1.807) is 18.4 Å². The number of nitrogens with zero attached hydrogens (tertiary/aromatic N) is 1. The van der Waals surface area contributed by atoms with Gasteiger partial charge >= 0.3 is 5.97 Å². The summed E-state index contributed by atoms with van der Waals surface area (Å²) in [5.74, 6) is -0.959. The van der Waals surface area contributed by atoms with Crippen LogP contribution in [-0.2, 0) is 21.3 Å². The summed E-state index contributed by atoms with van der Waals surface area (Å²) in [7, 11) is -3.77. The Morgan fingerprint density at radius 1 is 1.03 bits per heavy atom. The van der Waals surface area contributed by atoms with Gasteiger partial charge in [-0.15, -0.1) is 11.3 Å². The van der Waals surface area contributed by atoms with Crippen LogP contribution in [-0.4, -0.2) is 37.2 Å². The molecule has 0 aliphatic rings. The molecule has 174 valence electrons. The topological polar surface area (TPSA) is 92.8 Å². The SMILES string of the molecule is CCOC(=O)c1ccsc1NC(=O)c1ccc(S(=O)(=O)N(Cc2ccccc2)C(C)C)cc1. The molecule has 3 rings (SSSR count). The van der Waals surface area contributed by atoms with Crippen LogP contribution in [0.1, 0.15) is 47.1 Å². The molecule has 1 aromatic heterocycles. The minimum Gasteiger partial charge on any atom is -0.462 e. The Morgan fingerprint density at radius 3 is 2.30 bits per heavy atom. The Bertz CT molecular complexity index is 1200. The minimum absolute atomic E-state index is 0.104. The Balaban J connectivity index is 1.78. The van der Waals surface area contributed by atoms with E-state index in [-0.39, 0.29) is 35.2 Å². The molecular formula is C24H26N2O5S2. The molecule has 0 atom stereocenters. The van der Waals surface area contributed by atoms with Crippen molar-refractivity contribution >= 4 is 38.2 Å². The van der Waals surface area contributed by atoms with Crippen molar-refractivity contribution in [2.45, 2.75) is 38.3 Å². The number of benzene rings is 2. The Labute approximate surface area is 198 Å². The molecule has 0 aliphatic carbocycles. The number of anilines is 1. The molecule has 2 aromatic carbocycles. The standard InChI is InChI=1S/C24H26N2O5S2/c1-4-31-24(28)21-14-15-32-23(21)25-22(27)19-10-12-20(13-11-19)33(29,30)26(17(2)3)16-18-8-6-5-7-9-18/h5-15,17H,4,16H2,1-3H3,(H,25,27). The molecule has 0 fully saturated rings. The molecule has 7 nitrogen and oxygen atoms in total. The van der Waals surface area contributed by atoms with E-state index in [1.807, 2.05) is 44.2 Å². The van der Waals surface area contributed by atoms with Gasteiger partial charge in [-0.05, 0) is 62.0 Å². The van der Waals surface area contributed by atoms with E-state index in [0.29, 0.717) is 5.00 Å². The molecule has 1 amide bonds. The zero-order valence-corrected chi connectivity index (χ0v) is 20.3. The van der Waals surface area contributed by atoms with Crippen molar-refractivity contribution in [3.05, 3.63) is 82.7 Å². The van der Waals surface area contributed by atoms with Gasteiger partial charge < -0.3 is 10.1 Å². The van der Waals surface area contributed by atoms with Gasteiger partial charge in [-0.3, -0.25) is 4.79 Å². The van der Waals surface area contributed by atoms with Crippen molar-refractivity contribution in [2.24, 2.45) is 0 Å². The van der Waals surface area contributed by atoms with Crippen molar-refractivity contribution in [1.29, 1.82) is 0 Å². The van der Waals surface area contributed by atoms with Gasteiger partial charge in [0.25, 0.3) is 5.91 Å². The quantitative estimate of drug-likeness (QED) is 0.440. The van der Waals surface area contributed by atoms with Crippen LogP contribution in [0.2, 0.25) is 0 Å². The van der Waals surface area contributed by atoms with Crippen LogP contribution in [0.4, 0.5) is 5.00 Å². The van der Waals surface area contributed by atoms with Gasteiger partial charge in [-0.1, -0.05) is 30.3 Å². The van der Waals surface area contributed by atoms with Gasteiger partial charge in [0.1, 0.15) is 5.00 Å². The fourth-order valence-electron chi connectivity index (χ4n) is 3.17. The number of rotatable bonds is 9. The lowest BCUT2D eigenvalue weighted by atomic mass is 10.2. The fourth-order valence-corrected chi connectivity index (χ4v) is 5.57. The third-order valence-electron chi connectivity index (χ3n) is 4.87. The molecule has 0 spiro atoms. The number of carbonyl (C=O) groups excluding carboxylic acids is 2. The molecule has 0 aliphatic heterocycles. The molecule has 3 aromatic rings. The first-order chi connectivity index (χ1) is 15.7. The first kappa shape index (κ1) is 24.6. The largest absolute Gasteiger partial charge is 0.462 e. The molecule has 1 heterocycles. The van der Waals surface area contributed by atoms with Gasteiger partial charge in [0, 0.05) is 18.2 Å². The molecular weight excluding hydrogens is 460 g/mol. The van der Waals surface area contributed by atoms with Gasteiger partial charge in [0.2, 0.25) is 10.0 Å². The number of hydrogen-bond donors (Lipinski definition) is 1. The summed E-state index contributed by atoms with van der Waals surface area (Å²) in [6, 6.07) is 16.5. The predicted molar refractivity (Wildman–Crippen MR) is 129 cm³/mol. The second kappa shape index (κ2) is 10.7. The van der Waals surface area contributed by atoms with E-state index in [4.69, 9.17) is 4.74 Å². The van der Waals surface area contributed by atoms with E-state index in [9.17, 15) is 18.0 Å². The minimum atomic E-state index is -3.77. The second-order valence-corrected chi connectivity index (χ2v) is 10.3. The normalized spacial score (nSPS) is 11.5. The molecule has 1 N–H and O–H groups in total. The molecule has 0 saturated carbocycles. The van der Waals surface area contributed by atoms with Crippen LogP contribution in [0.5, 0.6) is 0 Å². The summed E-state index contributed by atoms with van der Waals surface area (Å²) < 4.78 is 33.0. The number of thiophene rings is 1. The number of hydrogen-bond acceptors (Lipinski definition) is 6. The number of ether oxygens (including phenoxy) is 1. The summed E-state index contributed by atoms with van der Waals surface area (Å²) in [6.45, 7) is 5.83. The molecule has 33 heavy (non-hydrogen) atoms. The van der Waals surface area contributed by atoms with E-state index in [2.05, 4.69) is 5.32 Å². The summed E-state index contributed by atoms with van der Waals surface area (Å²) >= 11 is 1.21. The maximum absolute atomic E-state index is 13.3. The van der Waals surface area contributed by atoms with Crippen LogP contribution in [0.15, 0.2) is 70.9 Å². The smallest absolute Gasteiger partial charge is 0.341 e. The monoisotopic (exact) mass is 486 g/mol. The molecule has 0 bridgehead atoms. The first-order valence-electron chi connectivity index (χ1n) is 10.5. The van der Waals surface area contributed by atoms with Crippen LogP contribution in [0, 0.1) is 0 Å². The van der Waals surface area contributed by atoms with Gasteiger partial charge in [-0.25, -0.2) is 13.2 Å². The number of nitrogens with one attached hydrogen (secondary N) is 1. The lowest BCUT2D eigenvalue weighted by Crippen LogP contribution is -2.36. The van der Waals surface area contributed by atoms with E-state index >= 15 is 0 Å². The number of carbonyl (C=O) groups is 2. The third-order valence-corrected chi connectivity index (χ3v) is 7.73. The average Bonchev–Trinajstić information content (AvgIpc) is 3.26. The van der Waals surface area contributed by atoms with Crippen molar-refractivity contribution in [2.75, 3.05) is 11.9 Å². The van der Waals surface area contributed by atoms with Gasteiger partial charge in [0.05, 0.1) is 17.1 Å².